The number of carbonyl (C=O) groups is 2. The Bertz CT molecular complexity index is 1110. The summed E-state index contributed by atoms with van der Waals surface area (Å²) in [7, 11) is 3.38. The number of fused-ring (bicyclic) bond motifs is 1. The molecule has 8 nitrogen and oxygen atoms in total. The predicted molar refractivity (Wildman–Crippen MR) is 116 cm³/mol. The Labute approximate surface area is 174 Å². The smallest absolute Gasteiger partial charge is 0.279 e. The summed E-state index contributed by atoms with van der Waals surface area (Å²) >= 11 is 0. The zero-order chi connectivity index (χ0) is 21.7. The average molecular weight is 408 g/mol. The molecule has 0 saturated heterocycles. The predicted octanol–water partition coefficient (Wildman–Crippen LogP) is 0.668. The number of rotatable bonds is 7. The summed E-state index contributed by atoms with van der Waals surface area (Å²) in [6, 6.07) is 14.0. The maximum Gasteiger partial charge on any atom is 0.279 e. The van der Waals surface area contributed by atoms with Crippen molar-refractivity contribution in [3.63, 3.8) is 0 Å². The molecule has 1 heterocycles. The van der Waals surface area contributed by atoms with Crippen molar-refractivity contribution in [3.8, 4) is 0 Å². The van der Waals surface area contributed by atoms with Crippen molar-refractivity contribution in [2.45, 2.75) is 13.5 Å². The summed E-state index contributed by atoms with van der Waals surface area (Å²) in [5, 5.41) is 3.40. The van der Waals surface area contributed by atoms with Crippen molar-refractivity contribution in [3.05, 3.63) is 70.3 Å². The topological polar surface area (TPSA) is 99.6 Å². The van der Waals surface area contributed by atoms with Gasteiger partial charge in [0.15, 0.2) is 12.4 Å². The average Bonchev–Trinajstić information content (AvgIpc) is 2.73. The second-order valence-corrected chi connectivity index (χ2v) is 7.31. The number of aromatic nitrogens is 2. The molecule has 3 rings (SSSR count). The number of carbonyl (C=O) groups excluding carboxylic acids is 2. The van der Waals surface area contributed by atoms with Crippen LogP contribution >= 0.6 is 0 Å². The molecule has 3 aromatic rings. The highest BCUT2D eigenvalue weighted by molar-refractivity contribution is 5.95. The van der Waals surface area contributed by atoms with Crippen LogP contribution in [0.2, 0.25) is 0 Å². The molecule has 0 aliphatic heterocycles. The minimum Gasteiger partial charge on any atom is -0.345 e. The monoisotopic (exact) mass is 408 g/mol. The van der Waals surface area contributed by atoms with Gasteiger partial charge in [0.2, 0.25) is 0 Å². The number of hydrogen-bond donors (Lipinski definition) is 3. The molecule has 3 N–H and O–H groups in total. The van der Waals surface area contributed by atoms with Gasteiger partial charge in [-0.1, -0.05) is 12.1 Å². The minimum atomic E-state index is -0.178. The van der Waals surface area contributed by atoms with Crippen LogP contribution in [0.25, 0.3) is 10.9 Å². The molecule has 0 bridgehead atoms. The molecule has 0 fully saturated rings. The SMILES string of the molecule is CC[NH+](CC(=O)Nc1ccc(C(=O)N(C)C)cc1)Cc1nc2ccccc2c(=O)[nH]1. The lowest BCUT2D eigenvalue weighted by Crippen LogP contribution is -3.11. The number of nitrogens with one attached hydrogen (secondary N) is 3. The fourth-order valence-corrected chi connectivity index (χ4v) is 3.15. The number of H-pyrrole nitrogens is 1. The quantitative estimate of drug-likeness (QED) is 0.535. The Balaban J connectivity index is 1.64. The fourth-order valence-electron chi connectivity index (χ4n) is 3.15. The van der Waals surface area contributed by atoms with Crippen molar-refractivity contribution < 1.29 is 14.5 Å². The van der Waals surface area contributed by atoms with Crippen LogP contribution in [-0.2, 0) is 11.3 Å². The molecule has 1 aromatic heterocycles. The number of benzene rings is 2. The van der Waals surface area contributed by atoms with Gasteiger partial charge in [0, 0.05) is 25.3 Å². The lowest BCUT2D eigenvalue weighted by atomic mass is 10.2. The number of aromatic amines is 1. The van der Waals surface area contributed by atoms with Gasteiger partial charge in [0.1, 0.15) is 6.54 Å². The van der Waals surface area contributed by atoms with Crippen LogP contribution in [0.3, 0.4) is 0 Å². The summed E-state index contributed by atoms with van der Waals surface area (Å²) in [4.78, 5) is 46.4. The lowest BCUT2D eigenvalue weighted by molar-refractivity contribution is -0.904. The first kappa shape index (κ1) is 21.2. The first-order valence-corrected chi connectivity index (χ1v) is 9.80. The van der Waals surface area contributed by atoms with Gasteiger partial charge in [-0.05, 0) is 43.3 Å². The highest BCUT2D eigenvalue weighted by Crippen LogP contribution is 2.10. The highest BCUT2D eigenvalue weighted by atomic mass is 16.2. The van der Waals surface area contributed by atoms with E-state index in [0.717, 1.165) is 4.90 Å². The number of para-hydroxylation sites is 1. The van der Waals surface area contributed by atoms with Crippen molar-refractivity contribution in [2.24, 2.45) is 0 Å². The van der Waals surface area contributed by atoms with Crippen molar-refractivity contribution in [1.29, 1.82) is 0 Å². The second-order valence-electron chi connectivity index (χ2n) is 7.31. The van der Waals surface area contributed by atoms with E-state index >= 15 is 0 Å². The van der Waals surface area contributed by atoms with Gasteiger partial charge in [-0.25, -0.2) is 4.98 Å². The largest absolute Gasteiger partial charge is 0.345 e. The zero-order valence-corrected chi connectivity index (χ0v) is 17.4. The molecule has 1 unspecified atom stereocenters. The van der Waals surface area contributed by atoms with Crippen molar-refractivity contribution >= 4 is 28.4 Å². The van der Waals surface area contributed by atoms with Crippen LogP contribution in [-0.4, -0.2) is 53.9 Å². The van der Waals surface area contributed by atoms with Gasteiger partial charge in [0.05, 0.1) is 17.4 Å². The maximum absolute atomic E-state index is 12.5. The highest BCUT2D eigenvalue weighted by Gasteiger charge is 2.16. The number of anilines is 1. The van der Waals surface area contributed by atoms with Crippen LogP contribution in [0.5, 0.6) is 0 Å². The summed E-state index contributed by atoms with van der Waals surface area (Å²) in [6.07, 6.45) is 0. The van der Waals surface area contributed by atoms with Crippen molar-refractivity contribution in [2.75, 3.05) is 32.5 Å². The molecule has 156 valence electrons. The third-order valence-corrected chi connectivity index (χ3v) is 4.81. The summed E-state index contributed by atoms with van der Waals surface area (Å²) < 4.78 is 0. The Morgan fingerprint density at radius 2 is 1.80 bits per heavy atom. The van der Waals surface area contributed by atoms with Crippen LogP contribution in [0.15, 0.2) is 53.3 Å². The molecule has 0 spiro atoms. The van der Waals surface area contributed by atoms with Crippen LogP contribution in [0, 0.1) is 0 Å². The van der Waals surface area contributed by atoms with Crippen molar-refractivity contribution in [1.82, 2.24) is 14.9 Å². The van der Waals surface area contributed by atoms with E-state index in [1.807, 2.05) is 13.0 Å². The molecule has 0 radical (unpaired) electrons. The first-order valence-electron chi connectivity index (χ1n) is 9.80. The summed E-state index contributed by atoms with van der Waals surface area (Å²) in [6.45, 7) is 3.33. The first-order chi connectivity index (χ1) is 14.4. The third kappa shape index (κ3) is 5.09. The van der Waals surface area contributed by atoms with Crippen LogP contribution in [0.4, 0.5) is 5.69 Å². The Kier molecular flexibility index (Phi) is 6.58. The minimum absolute atomic E-state index is 0.0913. The van der Waals surface area contributed by atoms with Crippen LogP contribution in [0.1, 0.15) is 23.1 Å². The maximum atomic E-state index is 12.5. The van der Waals surface area contributed by atoms with Gasteiger partial charge < -0.3 is 20.1 Å². The van der Waals surface area contributed by atoms with E-state index in [9.17, 15) is 14.4 Å². The lowest BCUT2D eigenvalue weighted by Gasteiger charge is -2.17. The van der Waals surface area contributed by atoms with E-state index in [1.165, 1.54) is 4.90 Å². The molecule has 2 amide bonds. The molecule has 1 atom stereocenters. The fraction of sp³-hybridized carbons (Fsp3) is 0.273. The summed E-state index contributed by atoms with van der Waals surface area (Å²) in [5.74, 6) is 0.308. The van der Waals surface area contributed by atoms with E-state index in [4.69, 9.17) is 0 Å². The molecular formula is C22H26N5O3+. The van der Waals surface area contributed by atoms with Gasteiger partial charge >= 0.3 is 0 Å². The molecule has 0 aliphatic carbocycles. The van der Waals surface area contributed by atoms with E-state index < -0.39 is 0 Å². The number of amides is 2. The zero-order valence-electron chi connectivity index (χ0n) is 17.4. The number of hydrogen-bond acceptors (Lipinski definition) is 4. The van der Waals surface area contributed by atoms with E-state index in [0.29, 0.717) is 41.1 Å². The summed E-state index contributed by atoms with van der Waals surface area (Å²) in [5.41, 5.74) is 1.65. The standard InChI is InChI=1S/C22H25N5O3/c1-4-27(13-19-24-18-8-6-5-7-17(18)21(29)25-19)14-20(28)23-16-11-9-15(10-12-16)22(30)26(2)3/h5-12H,4,13-14H2,1-3H3,(H,23,28)(H,24,25,29)/p+1. The molecule has 2 aromatic carbocycles. The molecule has 30 heavy (non-hydrogen) atoms. The Morgan fingerprint density at radius 1 is 1.10 bits per heavy atom. The van der Waals surface area contributed by atoms with Gasteiger partial charge in [-0.3, -0.25) is 14.4 Å². The van der Waals surface area contributed by atoms with E-state index in [1.54, 1.807) is 56.6 Å². The normalized spacial score (nSPS) is 11.8. The van der Waals surface area contributed by atoms with Gasteiger partial charge in [-0.2, -0.15) is 0 Å². The molecule has 0 saturated carbocycles. The molecule has 8 heteroatoms. The number of quaternary nitrogens is 1. The third-order valence-electron chi connectivity index (χ3n) is 4.81. The second kappa shape index (κ2) is 9.32. The molecule has 0 aliphatic rings. The van der Waals surface area contributed by atoms with Crippen LogP contribution < -0.4 is 15.8 Å². The van der Waals surface area contributed by atoms with Gasteiger partial charge in [-0.15, -0.1) is 0 Å². The number of likely N-dealkylation sites (N-methyl/N-ethyl adjacent to an activating group) is 1. The van der Waals surface area contributed by atoms with E-state index in [2.05, 4.69) is 15.3 Å². The van der Waals surface area contributed by atoms with E-state index in [-0.39, 0.29) is 23.9 Å². The molecular weight excluding hydrogens is 382 g/mol. The van der Waals surface area contributed by atoms with Gasteiger partial charge in [0.25, 0.3) is 17.4 Å². The Hall–Kier alpha value is -3.52. The number of nitrogens with zero attached hydrogens (tertiary/aromatic N) is 2. The Morgan fingerprint density at radius 3 is 2.47 bits per heavy atom.